The number of sulfonamides is 1. The van der Waals surface area contributed by atoms with Gasteiger partial charge in [0, 0.05) is 24.9 Å². The molecule has 1 N–H and O–H groups in total. The van der Waals surface area contributed by atoms with Gasteiger partial charge in [-0.15, -0.1) is 0 Å². The van der Waals surface area contributed by atoms with Crippen molar-refractivity contribution < 1.29 is 22.7 Å². The van der Waals surface area contributed by atoms with E-state index in [0.717, 1.165) is 11.1 Å². The van der Waals surface area contributed by atoms with Gasteiger partial charge in [-0.25, -0.2) is 8.42 Å². The van der Waals surface area contributed by atoms with Gasteiger partial charge in [0.15, 0.2) is 0 Å². The molecule has 0 saturated carbocycles. The number of nitrogens with one attached hydrogen (secondary N) is 1. The van der Waals surface area contributed by atoms with E-state index in [1.165, 1.54) is 23.6 Å². The average Bonchev–Trinajstić information content (AvgIpc) is 2.75. The zero-order valence-electron chi connectivity index (χ0n) is 17.3. The minimum atomic E-state index is -3.73. The lowest BCUT2D eigenvalue weighted by atomic mass is 10.1. The molecule has 1 amide bonds. The Morgan fingerprint density at radius 1 is 1.10 bits per heavy atom. The Balaban J connectivity index is 1.80. The Bertz CT molecular complexity index is 1060. The van der Waals surface area contributed by atoms with E-state index < -0.39 is 10.0 Å². The first-order chi connectivity index (χ1) is 14.3. The third-order valence-electron chi connectivity index (χ3n) is 4.98. The van der Waals surface area contributed by atoms with Crippen LogP contribution < -0.4 is 10.1 Å². The Kier molecular flexibility index (Phi) is 6.91. The van der Waals surface area contributed by atoms with Gasteiger partial charge in [0.25, 0.3) is 0 Å². The number of ether oxygens (including phenoxy) is 2. The van der Waals surface area contributed by atoms with Crippen LogP contribution in [-0.4, -0.2) is 52.0 Å². The molecule has 1 aliphatic rings. The number of anilines is 1. The fraction of sp³-hybridized carbons (Fsp3) is 0.318. The van der Waals surface area contributed by atoms with Crippen molar-refractivity contribution in [2.24, 2.45) is 0 Å². The summed E-state index contributed by atoms with van der Waals surface area (Å²) in [6, 6.07) is 10.5. The third-order valence-corrected chi connectivity index (χ3v) is 6.90. The maximum Gasteiger partial charge on any atom is 0.248 e. The Hall–Kier alpha value is -2.68. The normalized spacial score (nSPS) is 15.3. The summed E-state index contributed by atoms with van der Waals surface area (Å²) in [5.74, 6) is -0.0371. The van der Waals surface area contributed by atoms with Crippen LogP contribution in [0.5, 0.6) is 5.75 Å². The van der Waals surface area contributed by atoms with Crippen molar-refractivity contribution in [1.29, 1.82) is 0 Å². The number of benzene rings is 2. The second-order valence-electron chi connectivity index (χ2n) is 7.05. The van der Waals surface area contributed by atoms with E-state index in [9.17, 15) is 13.2 Å². The summed E-state index contributed by atoms with van der Waals surface area (Å²) in [4.78, 5) is 12.3. The number of methoxy groups -OCH3 is 1. The molecule has 160 valence electrons. The van der Waals surface area contributed by atoms with Crippen molar-refractivity contribution in [3.8, 4) is 5.75 Å². The summed E-state index contributed by atoms with van der Waals surface area (Å²) in [5, 5.41) is 2.81. The molecule has 1 fully saturated rings. The summed E-state index contributed by atoms with van der Waals surface area (Å²) in [6.45, 7) is 5.30. The second kappa shape index (κ2) is 9.42. The van der Waals surface area contributed by atoms with Crippen LogP contribution in [0, 0.1) is 13.8 Å². The highest BCUT2D eigenvalue weighted by molar-refractivity contribution is 7.89. The quantitative estimate of drug-likeness (QED) is 0.712. The maximum absolute atomic E-state index is 13.0. The number of amides is 1. The molecular formula is C22H26N2O5S. The average molecular weight is 431 g/mol. The molecule has 1 aliphatic heterocycles. The van der Waals surface area contributed by atoms with Gasteiger partial charge in [-0.1, -0.05) is 12.1 Å². The minimum Gasteiger partial charge on any atom is -0.495 e. The van der Waals surface area contributed by atoms with Crippen LogP contribution >= 0.6 is 0 Å². The largest absolute Gasteiger partial charge is 0.495 e. The number of morpholine rings is 1. The van der Waals surface area contributed by atoms with Gasteiger partial charge in [0.05, 0.1) is 20.3 Å². The van der Waals surface area contributed by atoms with Gasteiger partial charge in [-0.2, -0.15) is 4.31 Å². The van der Waals surface area contributed by atoms with Gasteiger partial charge in [-0.3, -0.25) is 4.79 Å². The first-order valence-corrected chi connectivity index (χ1v) is 11.1. The van der Waals surface area contributed by atoms with E-state index in [4.69, 9.17) is 9.47 Å². The van der Waals surface area contributed by atoms with E-state index in [1.807, 2.05) is 32.0 Å². The number of carbonyl (C=O) groups is 1. The molecule has 2 aromatic rings. The van der Waals surface area contributed by atoms with Crippen LogP contribution in [0.3, 0.4) is 0 Å². The lowest BCUT2D eigenvalue weighted by Crippen LogP contribution is -2.40. The Morgan fingerprint density at radius 2 is 1.83 bits per heavy atom. The van der Waals surface area contributed by atoms with Gasteiger partial charge in [0.1, 0.15) is 10.6 Å². The number of rotatable bonds is 6. The van der Waals surface area contributed by atoms with E-state index in [1.54, 1.807) is 18.2 Å². The molecule has 3 rings (SSSR count). The molecule has 0 spiro atoms. The van der Waals surface area contributed by atoms with Gasteiger partial charge < -0.3 is 14.8 Å². The van der Waals surface area contributed by atoms with Crippen LogP contribution in [0.2, 0.25) is 0 Å². The number of carbonyl (C=O) groups excluding carboxylic acids is 1. The van der Waals surface area contributed by atoms with Crippen LogP contribution in [0.4, 0.5) is 5.69 Å². The summed E-state index contributed by atoms with van der Waals surface area (Å²) in [6.07, 6.45) is 2.95. The zero-order chi connectivity index (χ0) is 21.7. The standard InChI is InChI=1S/C22H26N2O5S/c1-16-4-7-19(14-17(16)2)23-22(25)9-6-18-5-8-20(28-3)21(15-18)30(26,27)24-10-12-29-13-11-24/h4-9,14-15H,10-13H2,1-3H3,(H,23,25)/b9-6+. The number of hydrogen-bond acceptors (Lipinski definition) is 5. The van der Waals surface area contributed by atoms with Crippen LogP contribution in [0.1, 0.15) is 16.7 Å². The van der Waals surface area contributed by atoms with Gasteiger partial charge in [0.2, 0.25) is 15.9 Å². The zero-order valence-corrected chi connectivity index (χ0v) is 18.2. The monoisotopic (exact) mass is 430 g/mol. The smallest absolute Gasteiger partial charge is 0.248 e. The van der Waals surface area contributed by atoms with Crippen molar-refractivity contribution >= 4 is 27.7 Å². The molecule has 8 heteroatoms. The lowest BCUT2D eigenvalue weighted by Gasteiger charge is -2.26. The molecule has 1 heterocycles. The predicted octanol–water partition coefficient (Wildman–Crippen LogP) is 2.98. The van der Waals surface area contributed by atoms with E-state index >= 15 is 0 Å². The molecule has 30 heavy (non-hydrogen) atoms. The highest BCUT2D eigenvalue weighted by Crippen LogP contribution is 2.29. The number of aryl methyl sites for hydroxylation is 2. The lowest BCUT2D eigenvalue weighted by molar-refractivity contribution is -0.111. The molecular weight excluding hydrogens is 404 g/mol. The van der Waals surface area contributed by atoms with Crippen molar-refractivity contribution in [3.05, 3.63) is 59.2 Å². The minimum absolute atomic E-state index is 0.0728. The van der Waals surface area contributed by atoms with Crippen molar-refractivity contribution in [3.63, 3.8) is 0 Å². The Labute approximate surface area is 177 Å². The second-order valence-corrected chi connectivity index (χ2v) is 8.95. The molecule has 1 saturated heterocycles. The van der Waals surface area contributed by atoms with Crippen molar-refractivity contribution in [2.75, 3.05) is 38.7 Å². The molecule has 0 aliphatic carbocycles. The highest BCUT2D eigenvalue weighted by Gasteiger charge is 2.29. The maximum atomic E-state index is 13.0. The molecule has 0 atom stereocenters. The fourth-order valence-corrected chi connectivity index (χ4v) is 4.70. The topological polar surface area (TPSA) is 84.9 Å². The molecule has 0 unspecified atom stereocenters. The van der Waals surface area contributed by atoms with Crippen LogP contribution in [-0.2, 0) is 19.6 Å². The SMILES string of the molecule is COc1ccc(/C=C/C(=O)Nc2ccc(C)c(C)c2)cc1S(=O)(=O)N1CCOCC1. The summed E-state index contributed by atoms with van der Waals surface area (Å²) >= 11 is 0. The van der Waals surface area contributed by atoms with Crippen molar-refractivity contribution in [2.45, 2.75) is 18.7 Å². The highest BCUT2D eigenvalue weighted by atomic mass is 32.2. The van der Waals surface area contributed by atoms with Crippen LogP contribution in [0.15, 0.2) is 47.4 Å². The Morgan fingerprint density at radius 3 is 2.50 bits per heavy atom. The summed E-state index contributed by atoms with van der Waals surface area (Å²) in [7, 11) is -2.30. The van der Waals surface area contributed by atoms with E-state index in [2.05, 4.69) is 5.32 Å². The summed E-state index contributed by atoms with van der Waals surface area (Å²) in [5.41, 5.74) is 3.52. The fourth-order valence-electron chi connectivity index (χ4n) is 3.10. The summed E-state index contributed by atoms with van der Waals surface area (Å²) < 4.78 is 38.0. The molecule has 7 nitrogen and oxygen atoms in total. The first kappa shape index (κ1) is 22.0. The van der Waals surface area contributed by atoms with Gasteiger partial charge >= 0.3 is 0 Å². The number of hydrogen-bond donors (Lipinski definition) is 1. The van der Waals surface area contributed by atoms with E-state index in [0.29, 0.717) is 37.6 Å². The molecule has 0 bridgehead atoms. The number of nitrogens with zero attached hydrogens (tertiary/aromatic N) is 1. The van der Waals surface area contributed by atoms with Crippen molar-refractivity contribution in [1.82, 2.24) is 4.31 Å². The van der Waals surface area contributed by atoms with Crippen LogP contribution in [0.25, 0.3) is 6.08 Å². The van der Waals surface area contributed by atoms with Gasteiger partial charge in [-0.05, 0) is 60.9 Å². The van der Waals surface area contributed by atoms with E-state index in [-0.39, 0.29) is 16.6 Å². The molecule has 0 aromatic heterocycles. The molecule has 0 radical (unpaired) electrons. The third kappa shape index (κ3) is 5.08. The first-order valence-electron chi connectivity index (χ1n) is 9.63. The molecule has 2 aromatic carbocycles. The predicted molar refractivity (Wildman–Crippen MR) is 116 cm³/mol.